The predicted octanol–water partition coefficient (Wildman–Crippen LogP) is 2.07. The minimum atomic E-state index is 0.802. The third-order valence-electron chi connectivity index (χ3n) is 0.781. The molecule has 0 atom stereocenters. The van der Waals surface area contributed by atoms with Crippen molar-refractivity contribution in [2.45, 2.75) is 0 Å². The first-order valence-corrected chi connectivity index (χ1v) is 7.18. The molecule has 7 heteroatoms. The summed E-state index contributed by atoms with van der Waals surface area (Å²) in [5, 5.41) is 6.68. The van der Waals surface area contributed by atoms with Gasteiger partial charge >= 0.3 is 0 Å². The Hall–Kier alpha value is 0.830. The Balaban J connectivity index is 3.21. The molecule has 0 rings (SSSR count). The zero-order valence-electron chi connectivity index (χ0n) is 6.75. The van der Waals surface area contributed by atoms with E-state index in [4.69, 9.17) is 24.4 Å². The minimum absolute atomic E-state index is 0.802. The maximum atomic E-state index is 4.94. The van der Waals surface area contributed by atoms with Gasteiger partial charge in [0, 0.05) is 14.1 Å². The first-order chi connectivity index (χ1) is 5.70. The highest BCUT2D eigenvalue weighted by Crippen LogP contribution is 2.26. The Kier molecular flexibility index (Phi) is 9.01. The summed E-state index contributed by atoms with van der Waals surface area (Å²) in [5.74, 6) is 0. The number of rotatable bonds is 3. The van der Waals surface area contributed by atoms with E-state index < -0.39 is 0 Å². The predicted molar refractivity (Wildman–Crippen MR) is 71.0 cm³/mol. The van der Waals surface area contributed by atoms with E-state index in [9.17, 15) is 0 Å². The van der Waals surface area contributed by atoms with Crippen LogP contribution in [0.15, 0.2) is 0 Å². The van der Waals surface area contributed by atoms with Crippen molar-refractivity contribution in [2.75, 3.05) is 19.2 Å². The van der Waals surface area contributed by atoms with Gasteiger partial charge in [-0.05, 0) is 10.8 Å². The second-order valence-corrected chi connectivity index (χ2v) is 6.53. The first-order valence-electron chi connectivity index (χ1n) is 3.06. The van der Waals surface area contributed by atoms with Crippen molar-refractivity contribution in [3.8, 4) is 0 Å². The Bertz CT molecular complexity index is 142. The standard InChI is InChI=1S/C5H10N2S5/c1-6-4(8)10-3-11-12-5(9)7-2/h3H2,1-2H3,(H,6,8)(H,7,9). The SMILES string of the molecule is CNC(=S)SCSSC(=S)NC. The molecule has 0 aromatic carbocycles. The second kappa shape index (κ2) is 8.43. The van der Waals surface area contributed by atoms with E-state index in [0.717, 1.165) is 13.7 Å². The van der Waals surface area contributed by atoms with Crippen molar-refractivity contribution in [3.63, 3.8) is 0 Å². The lowest BCUT2D eigenvalue weighted by molar-refractivity contribution is 1.23. The van der Waals surface area contributed by atoms with Crippen LogP contribution in [-0.2, 0) is 0 Å². The molecular weight excluding hydrogens is 248 g/mol. The minimum Gasteiger partial charge on any atom is -0.374 e. The summed E-state index contributed by atoms with van der Waals surface area (Å²) in [4.78, 5) is 0. The monoisotopic (exact) mass is 258 g/mol. The van der Waals surface area contributed by atoms with Crippen LogP contribution in [0.5, 0.6) is 0 Å². The summed E-state index contributed by atoms with van der Waals surface area (Å²) in [7, 11) is 6.88. The van der Waals surface area contributed by atoms with Crippen LogP contribution in [0.2, 0.25) is 0 Å². The van der Waals surface area contributed by atoms with Crippen LogP contribution in [0, 0.1) is 0 Å². The summed E-state index contributed by atoms with van der Waals surface area (Å²) in [6.07, 6.45) is 0. The van der Waals surface area contributed by atoms with E-state index in [-0.39, 0.29) is 0 Å². The lowest BCUT2D eigenvalue weighted by atomic mass is 11.2. The quantitative estimate of drug-likeness (QED) is 0.346. The highest BCUT2D eigenvalue weighted by atomic mass is 33.1. The third-order valence-corrected chi connectivity index (χ3v) is 5.62. The molecule has 2 N–H and O–H groups in total. The number of thioether (sulfide) groups is 1. The average molecular weight is 258 g/mol. The van der Waals surface area contributed by atoms with Crippen LogP contribution >= 0.6 is 57.8 Å². The summed E-state index contributed by atoms with van der Waals surface area (Å²) in [6.45, 7) is 0. The highest BCUT2D eigenvalue weighted by molar-refractivity contribution is 8.85. The van der Waals surface area contributed by atoms with Gasteiger partial charge in [0.05, 0.1) is 5.08 Å². The van der Waals surface area contributed by atoms with Crippen molar-refractivity contribution in [3.05, 3.63) is 0 Å². The van der Waals surface area contributed by atoms with Crippen LogP contribution in [0.4, 0.5) is 0 Å². The fourth-order valence-corrected chi connectivity index (χ4v) is 3.72. The molecule has 0 aliphatic heterocycles. The molecule has 0 radical (unpaired) electrons. The normalized spacial score (nSPS) is 9.17. The summed E-state index contributed by atoms with van der Waals surface area (Å²) in [6, 6.07) is 0. The van der Waals surface area contributed by atoms with Gasteiger partial charge < -0.3 is 10.6 Å². The van der Waals surface area contributed by atoms with Crippen molar-refractivity contribution in [2.24, 2.45) is 0 Å². The molecule has 0 aliphatic carbocycles. The van der Waals surface area contributed by atoms with Crippen molar-refractivity contribution in [1.29, 1.82) is 0 Å². The molecule has 0 amide bonds. The number of nitrogens with one attached hydrogen (secondary N) is 2. The van der Waals surface area contributed by atoms with Gasteiger partial charge in [0.15, 0.2) is 0 Å². The average Bonchev–Trinajstić information content (AvgIpc) is 2.11. The van der Waals surface area contributed by atoms with Gasteiger partial charge in [-0.15, -0.1) is 0 Å². The zero-order valence-corrected chi connectivity index (χ0v) is 10.8. The van der Waals surface area contributed by atoms with E-state index in [1.165, 1.54) is 0 Å². The molecule has 0 saturated heterocycles. The summed E-state index contributed by atoms with van der Waals surface area (Å²) in [5.41, 5.74) is 0. The second-order valence-electron chi connectivity index (χ2n) is 1.54. The lowest BCUT2D eigenvalue weighted by Gasteiger charge is -2.02. The summed E-state index contributed by atoms with van der Waals surface area (Å²) >= 11 is 11.5. The van der Waals surface area contributed by atoms with Crippen LogP contribution in [0.25, 0.3) is 0 Å². The molecular formula is C5H10N2S5. The zero-order chi connectivity index (χ0) is 9.40. The van der Waals surface area contributed by atoms with Gasteiger partial charge in [-0.25, -0.2) is 0 Å². The number of hydrogen-bond donors (Lipinski definition) is 2. The largest absolute Gasteiger partial charge is 0.374 e. The Morgan fingerprint density at radius 1 is 1.17 bits per heavy atom. The van der Waals surface area contributed by atoms with E-state index in [1.54, 1.807) is 33.3 Å². The van der Waals surface area contributed by atoms with Crippen LogP contribution in [0.1, 0.15) is 0 Å². The Morgan fingerprint density at radius 3 is 2.25 bits per heavy atom. The van der Waals surface area contributed by atoms with Crippen LogP contribution in [-0.4, -0.2) is 27.8 Å². The molecule has 12 heavy (non-hydrogen) atoms. The molecule has 0 aromatic rings. The van der Waals surface area contributed by atoms with Gasteiger partial charge in [0.1, 0.15) is 8.64 Å². The molecule has 0 aliphatic rings. The van der Waals surface area contributed by atoms with Gasteiger partial charge in [-0.2, -0.15) is 0 Å². The Labute approximate surface area is 95.8 Å². The van der Waals surface area contributed by atoms with E-state index >= 15 is 0 Å². The van der Waals surface area contributed by atoms with E-state index in [2.05, 4.69) is 10.6 Å². The fraction of sp³-hybridized carbons (Fsp3) is 0.600. The van der Waals surface area contributed by atoms with Crippen molar-refractivity contribution in [1.82, 2.24) is 10.6 Å². The van der Waals surface area contributed by atoms with E-state index in [0.29, 0.717) is 0 Å². The number of thiocarbonyl (C=S) groups is 2. The molecule has 0 saturated carbocycles. The Morgan fingerprint density at radius 2 is 1.75 bits per heavy atom. The third kappa shape index (κ3) is 7.48. The number of hydrogen-bond acceptors (Lipinski definition) is 5. The first kappa shape index (κ1) is 12.8. The van der Waals surface area contributed by atoms with E-state index in [1.807, 2.05) is 14.1 Å². The van der Waals surface area contributed by atoms with Gasteiger partial charge in [0.2, 0.25) is 0 Å². The molecule has 0 unspecified atom stereocenters. The maximum Gasteiger partial charge on any atom is 0.144 e. The lowest BCUT2D eigenvalue weighted by Crippen LogP contribution is -2.11. The van der Waals surface area contributed by atoms with Crippen molar-refractivity contribution >= 4 is 66.4 Å². The van der Waals surface area contributed by atoms with Gasteiger partial charge in [-0.3, -0.25) is 0 Å². The molecule has 0 bridgehead atoms. The van der Waals surface area contributed by atoms with Crippen molar-refractivity contribution < 1.29 is 0 Å². The smallest absolute Gasteiger partial charge is 0.144 e. The van der Waals surface area contributed by atoms with Crippen LogP contribution in [0.3, 0.4) is 0 Å². The maximum absolute atomic E-state index is 4.94. The molecule has 0 heterocycles. The molecule has 2 nitrogen and oxygen atoms in total. The molecule has 0 fully saturated rings. The summed E-state index contributed by atoms with van der Waals surface area (Å²) < 4.78 is 1.62. The van der Waals surface area contributed by atoms with Gasteiger partial charge in [-0.1, -0.05) is 47.0 Å². The molecule has 0 aromatic heterocycles. The highest BCUT2D eigenvalue weighted by Gasteiger charge is 1.97. The van der Waals surface area contributed by atoms with Gasteiger partial charge in [0.25, 0.3) is 0 Å². The molecule has 0 spiro atoms. The topological polar surface area (TPSA) is 24.1 Å². The fourth-order valence-electron chi connectivity index (χ4n) is 0.269. The van der Waals surface area contributed by atoms with Crippen LogP contribution < -0.4 is 10.6 Å². The molecule has 70 valence electrons.